The number of aliphatic hydroxyl groups excluding tert-OH is 1. The zero-order valence-electron chi connectivity index (χ0n) is 7.09. The molecular formula is C9H10ClFO2. The number of aromatic hydroxyl groups is 1. The number of benzene rings is 1. The van der Waals surface area contributed by atoms with Gasteiger partial charge in [0.15, 0.2) is 0 Å². The Kier molecular flexibility index (Phi) is 3.12. The van der Waals surface area contributed by atoms with Gasteiger partial charge in [0, 0.05) is 12.5 Å². The van der Waals surface area contributed by atoms with Crippen LogP contribution >= 0.6 is 11.6 Å². The molecule has 1 unspecified atom stereocenters. The van der Waals surface area contributed by atoms with Gasteiger partial charge in [-0.05, 0) is 11.6 Å². The number of aliphatic hydroxyl groups is 1. The van der Waals surface area contributed by atoms with Crippen molar-refractivity contribution >= 4 is 11.6 Å². The zero-order chi connectivity index (χ0) is 10.0. The van der Waals surface area contributed by atoms with Gasteiger partial charge in [-0.3, -0.25) is 0 Å². The van der Waals surface area contributed by atoms with E-state index in [1.807, 2.05) is 0 Å². The predicted octanol–water partition coefficient (Wildman–Crippen LogP) is 2.28. The number of hydrogen-bond acceptors (Lipinski definition) is 2. The van der Waals surface area contributed by atoms with Crippen LogP contribution in [0, 0.1) is 5.82 Å². The lowest BCUT2D eigenvalue weighted by atomic mass is 10.0. The van der Waals surface area contributed by atoms with Crippen LogP contribution in [0.5, 0.6) is 5.75 Å². The molecule has 72 valence electrons. The van der Waals surface area contributed by atoms with Crippen molar-refractivity contribution in [1.29, 1.82) is 0 Å². The van der Waals surface area contributed by atoms with Gasteiger partial charge in [-0.1, -0.05) is 24.6 Å². The van der Waals surface area contributed by atoms with Crippen LogP contribution in [0.15, 0.2) is 12.1 Å². The molecule has 0 radical (unpaired) electrons. The SMILES string of the molecule is CC(CO)c1ccc(O)c(Cl)c1F. The number of rotatable bonds is 2. The molecule has 0 bridgehead atoms. The lowest BCUT2D eigenvalue weighted by Gasteiger charge is -2.10. The van der Waals surface area contributed by atoms with Gasteiger partial charge in [0.2, 0.25) is 0 Å². The van der Waals surface area contributed by atoms with Crippen LogP contribution < -0.4 is 0 Å². The first kappa shape index (κ1) is 10.3. The van der Waals surface area contributed by atoms with Crippen molar-refractivity contribution < 1.29 is 14.6 Å². The molecule has 0 aliphatic rings. The Morgan fingerprint density at radius 2 is 2.15 bits per heavy atom. The first-order valence-corrected chi connectivity index (χ1v) is 4.23. The van der Waals surface area contributed by atoms with Gasteiger partial charge in [-0.15, -0.1) is 0 Å². The molecule has 0 amide bonds. The quantitative estimate of drug-likeness (QED) is 0.776. The summed E-state index contributed by atoms with van der Waals surface area (Å²) >= 11 is 5.48. The summed E-state index contributed by atoms with van der Waals surface area (Å²) in [5.41, 5.74) is 0.310. The summed E-state index contributed by atoms with van der Waals surface area (Å²) in [6.07, 6.45) is 0. The Bertz CT molecular complexity index is 315. The van der Waals surface area contributed by atoms with Crippen molar-refractivity contribution in [2.75, 3.05) is 6.61 Å². The Morgan fingerprint density at radius 1 is 1.54 bits per heavy atom. The molecule has 2 N–H and O–H groups in total. The van der Waals surface area contributed by atoms with Crippen LogP contribution in [0.3, 0.4) is 0 Å². The average molecular weight is 205 g/mol. The van der Waals surface area contributed by atoms with Crippen LogP contribution in [-0.2, 0) is 0 Å². The number of phenolic OH excluding ortho intramolecular Hbond substituents is 1. The summed E-state index contributed by atoms with van der Waals surface area (Å²) in [4.78, 5) is 0. The molecule has 1 atom stereocenters. The van der Waals surface area contributed by atoms with Crippen LogP contribution in [0.4, 0.5) is 4.39 Å². The summed E-state index contributed by atoms with van der Waals surface area (Å²) < 4.78 is 13.3. The maximum atomic E-state index is 13.3. The summed E-state index contributed by atoms with van der Waals surface area (Å²) in [5.74, 6) is -1.27. The van der Waals surface area contributed by atoms with Crippen molar-refractivity contribution in [1.82, 2.24) is 0 Å². The van der Waals surface area contributed by atoms with Gasteiger partial charge in [-0.2, -0.15) is 0 Å². The monoisotopic (exact) mass is 204 g/mol. The third-order valence-corrected chi connectivity index (χ3v) is 2.26. The molecule has 0 fully saturated rings. The van der Waals surface area contributed by atoms with Crippen molar-refractivity contribution in [3.8, 4) is 5.75 Å². The van der Waals surface area contributed by atoms with E-state index in [1.54, 1.807) is 6.92 Å². The standard InChI is InChI=1S/C9H10ClFO2/c1-5(4-12)6-2-3-7(13)8(10)9(6)11/h2-3,5,12-13H,4H2,1H3. The van der Waals surface area contributed by atoms with E-state index in [0.29, 0.717) is 5.56 Å². The van der Waals surface area contributed by atoms with Crippen LogP contribution in [-0.4, -0.2) is 16.8 Å². The molecule has 13 heavy (non-hydrogen) atoms. The van der Waals surface area contributed by atoms with E-state index in [0.717, 1.165) is 0 Å². The summed E-state index contributed by atoms with van der Waals surface area (Å²) in [5, 5.41) is 17.6. The van der Waals surface area contributed by atoms with E-state index in [2.05, 4.69) is 0 Å². The van der Waals surface area contributed by atoms with Crippen molar-refractivity contribution in [2.24, 2.45) is 0 Å². The Labute approximate surface area is 80.6 Å². The molecule has 1 rings (SSSR count). The molecule has 0 aromatic heterocycles. The fraction of sp³-hybridized carbons (Fsp3) is 0.333. The molecule has 0 saturated carbocycles. The number of phenols is 1. The fourth-order valence-electron chi connectivity index (χ4n) is 1.03. The summed E-state index contributed by atoms with van der Waals surface area (Å²) in [7, 11) is 0. The summed E-state index contributed by atoms with van der Waals surface area (Å²) in [6, 6.07) is 2.73. The van der Waals surface area contributed by atoms with Gasteiger partial charge >= 0.3 is 0 Å². The van der Waals surface area contributed by atoms with Crippen LogP contribution in [0.2, 0.25) is 5.02 Å². The lowest BCUT2D eigenvalue weighted by Crippen LogP contribution is -2.02. The topological polar surface area (TPSA) is 40.5 Å². The van der Waals surface area contributed by atoms with Gasteiger partial charge in [0.25, 0.3) is 0 Å². The lowest BCUT2D eigenvalue weighted by molar-refractivity contribution is 0.270. The van der Waals surface area contributed by atoms with E-state index in [4.69, 9.17) is 21.8 Å². The third kappa shape index (κ3) is 1.92. The number of halogens is 2. The van der Waals surface area contributed by atoms with E-state index >= 15 is 0 Å². The van der Waals surface area contributed by atoms with E-state index < -0.39 is 5.82 Å². The second-order valence-corrected chi connectivity index (χ2v) is 3.26. The van der Waals surface area contributed by atoms with Gasteiger partial charge in [-0.25, -0.2) is 4.39 Å². The van der Waals surface area contributed by atoms with Gasteiger partial charge in [0.1, 0.15) is 16.6 Å². The van der Waals surface area contributed by atoms with Gasteiger partial charge < -0.3 is 10.2 Å². The zero-order valence-corrected chi connectivity index (χ0v) is 7.85. The second kappa shape index (κ2) is 3.94. The minimum absolute atomic E-state index is 0.155. The smallest absolute Gasteiger partial charge is 0.149 e. The van der Waals surface area contributed by atoms with Crippen molar-refractivity contribution in [2.45, 2.75) is 12.8 Å². The van der Waals surface area contributed by atoms with E-state index in [9.17, 15) is 4.39 Å². The maximum Gasteiger partial charge on any atom is 0.149 e. The molecule has 0 heterocycles. The molecule has 0 saturated heterocycles. The van der Waals surface area contributed by atoms with Crippen LogP contribution in [0.1, 0.15) is 18.4 Å². The van der Waals surface area contributed by atoms with Gasteiger partial charge in [0.05, 0.1) is 0 Å². The molecule has 1 aromatic rings. The highest BCUT2D eigenvalue weighted by Gasteiger charge is 2.15. The van der Waals surface area contributed by atoms with E-state index in [-0.39, 0.29) is 23.3 Å². The minimum Gasteiger partial charge on any atom is -0.506 e. The van der Waals surface area contributed by atoms with Crippen molar-refractivity contribution in [3.05, 3.63) is 28.5 Å². The molecule has 2 nitrogen and oxygen atoms in total. The molecule has 0 aliphatic carbocycles. The summed E-state index contributed by atoms with van der Waals surface area (Å²) in [6.45, 7) is 1.52. The minimum atomic E-state index is -0.664. The third-order valence-electron chi connectivity index (χ3n) is 1.90. The molecular weight excluding hydrogens is 195 g/mol. The van der Waals surface area contributed by atoms with Crippen molar-refractivity contribution in [3.63, 3.8) is 0 Å². The average Bonchev–Trinajstić information content (AvgIpc) is 2.13. The normalized spacial score (nSPS) is 12.9. The largest absolute Gasteiger partial charge is 0.506 e. The Balaban J connectivity index is 3.18. The highest BCUT2D eigenvalue weighted by molar-refractivity contribution is 6.32. The van der Waals surface area contributed by atoms with Crippen LogP contribution in [0.25, 0.3) is 0 Å². The fourth-order valence-corrected chi connectivity index (χ4v) is 1.21. The Hall–Kier alpha value is -0.800. The molecule has 0 aliphatic heterocycles. The molecule has 4 heteroatoms. The first-order chi connectivity index (χ1) is 6.07. The molecule has 1 aromatic carbocycles. The molecule has 0 spiro atoms. The maximum absolute atomic E-state index is 13.3. The second-order valence-electron chi connectivity index (χ2n) is 2.89. The first-order valence-electron chi connectivity index (χ1n) is 3.85. The Morgan fingerprint density at radius 3 is 2.69 bits per heavy atom. The number of hydrogen-bond donors (Lipinski definition) is 2. The highest BCUT2D eigenvalue weighted by atomic mass is 35.5. The highest BCUT2D eigenvalue weighted by Crippen LogP contribution is 2.31. The predicted molar refractivity (Wildman–Crippen MR) is 48.6 cm³/mol. The van der Waals surface area contributed by atoms with E-state index in [1.165, 1.54) is 12.1 Å².